The summed E-state index contributed by atoms with van der Waals surface area (Å²) in [5.74, 6) is 1.72. The highest BCUT2D eigenvalue weighted by Crippen LogP contribution is 2.22. The smallest absolute Gasteiger partial charge is 0.126 e. The second-order valence-electron chi connectivity index (χ2n) is 2.78. The number of hydrogen-bond acceptors (Lipinski definition) is 2. The normalized spacial score (nSPS) is 25.6. The highest BCUT2D eigenvalue weighted by atomic mass is 16.5. The van der Waals surface area contributed by atoms with Crippen molar-refractivity contribution in [2.45, 2.75) is 0 Å². The van der Waals surface area contributed by atoms with Crippen LogP contribution in [-0.4, -0.2) is 11.7 Å². The number of aliphatic hydroxyl groups excluding tert-OH is 1. The fourth-order valence-corrected chi connectivity index (χ4v) is 1.30. The molecule has 1 N–H and O–H groups in total. The Morgan fingerprint density at radius 3 is 3.08 bits per heavy atom. The first-order valence-corrected chi connectivity index (χ1v) is 3.94. The zero-order valence-electron chi connectivity index (χ0n) is 6.60. The lowest BCUT2D eigenvalue weighted by Gasteiger charge is -2.15. The van der Waals surface area contributed by atoms with Crippen molar-refractivity contribution in [3.05, 3.63) is 48.0 Å². The molecular formula is C10H10O2. The maximum atomic E-state index is 8.87. The molecule has 1 aliphatic heterocycles. The molecule has 0 saturated heterocycles. The van der Waals surface area contributed by atoms with Gasteiger partial charge in [0.05, 0.1) is 0 Å². The van der Waals surface area contributed by atoms with Gasteiger partial charge in [-0.05, 0) is 18.2 Å². The summed E-state index contributed by atoms with van der Waals surface area (Å²) in [6, 6.07) is 0. The molecule has 0 aromatic carbocycles. The van der Waals surface area contributed by atoms with Gasteiger partial charge in [-0.2, -0.15) is 0 Å². The zero-order valence-corrected chi connectivity index (χ0v) is 6.60. The predicted molar refractivity (Wildman–Crippen MR) is 46.1 cm³/mol. The number of fused-ring (bicyclic) bond motifs is 1. The largest absolute Gasteiger partial charge is 0.460 e. The topological polar surface area (TPSA) is 29.5 Å². The van der Waals surface area contributed by atoms with Crippen LogP contribution in [0, 0.1) is 5.92 Å². The van der Waals surface area contributed by atoms with E-state index >= 15 is 0 Å². The van der Waals surface area contributed by atoms with E-state index in [-0.39, 0.29) is 12.5 Å². The first-order valence-electron chi connectivity index (χ1n) is 3.94. The lowest BCUT2D eigenvalue weighted by Crippen LogP contribution is -2.05. The molecule has 0 radical (unpaired) electrons. The molecule has 0 amide bonds. The Morgan fingerprint density at radius 2 is 2.25 bits per heavy atom. The lowest BCUT2D eigenvalue weighted by molar-refractivity contribution is 0.215. The van der Waals surface area contributed by atoms with Gasteiger partial charge in [-0.15, -0.1) is 0 Å². The summed E-state index contributed by atoms with van der Waals surface area (Å²) in [6.45, 7) is -0.0322. The molecule has 0 spiro atoms. The molecule has 1 unspecified atom stereocenters. The minimum absolute atomic E-state index is 0.0322. The van der Waals surface area contributed by atoms with Crippen LogP contribution < -0.4 is 0 Å². The van der Waals surface area contributed by atoms with Crippen LogP contribution in [0.3, 0.4) is 0 Å². The molecule has 0 aromatic heterocycles. The van der Waals surface area contributed by atoms with Gasteiger partial charge in [-0.25, -0.2) is 0 Å². The minimum Gasteiger partial charge on any atom is -0.460 e. The standard InChI is InChI=1S/C10H10O2/c11-7-10-6-8-3-1-2-4-9(5-8)12-10/h1-6,8,11H,7H2. The van der Waals surface area contributed by atoms with E-state index in [1.54, 1.807) is 0 Å². The number of rotatable bonds is 1. The maximum Gasteiger partial charge on any atom is 0.126 e. The molecule has 2 aliphatic rings. The molecular weight excluding hydrogens is 152 g/mol. The van der Waals surface area contributed by atoms with E-state index in [2.05, 4.69) is 6.08 Å². The minimum atomic E-state index is -0.0322. The van der Waals surface area contributed by atoms with E-state index in [4.69, 9.17) is 9.84 Å². The van der Waals surface area contributed by atoms with E-state index < -0.39 is 0 Å². The molecule has 1 atom stereocenters. The van der Waals surface area contributed by atoms with E-state index in [0.717, 1.165) is 5.76 Å². The van der Waals surface area contributed by atoms with Crippen LogP contribution in [-0.2, 0) is 4.74 Å². The Hall–Kier alpha value is -1.28. The van der Waals surface area contributed by atoms with Gasteiger partial charge in [-0.3, -0.25) is 0 Å². The molecule has 2 bridgehead atoms. The van der Waals surface area contributed by atoms with Gasteiger partial charge in [0.2, 0.25) is 0 Å². The van der Waals surface area contributed by atoms with Crippen molar-refractivity contribution < 1.29 is 9.84 Å². The van der Waals surface area contributed by atoms with Gasteiger partial charge < -0.3 is 9.84 Å². The maximum absolute atomic E-state index is 8.87. The summed E-state index contributed by atoms with van der Waals surface area (Å²) < 4.78 is 5.33. The van der Waals surface area contributed by atoms with Gasteiger partial charge >= 0.3 is 0 Å². The van der Waals surface area contributed by atoms with Crippen molar-refractivity contribution in [2.75, 3.05) is 6.61 Å². The van der Waals surface area contributed by atoms with Crippen molar-refractivity contribution in [2.24, 2.45) is 5.92 Å². The Labute approximate surface area is 71.2 Å². The fourth-order valence-electron chi connectivity index (χ4n) is 1.30. The Kier molecular flexibility index (Phi) is 1.84. The lowest BCUT2D eigenvalue weighted by atomic mass is 10.1. The van der Waals surface area contributed by atoms with Crippen LogP contribution in [0.5, 0.6) is 0 Å². The molecule has 0 saturated carbocycles. The summed E-state index contributed by atoms with van der Waals surface area (Å²) in [5, 5.41) is 8.87. The van der Waals surface area contributed by atoms with E-state index in [1.807, 2.05) is 30.4 Å². The van der Waals surface area contributed by atoms with Crippen LogP contribution in [0.4, 0.5) is 0 Å². The average molecular weight is 162 g/mol. The quantitative estimate of drug-likeness (QED) is 0.633. The summed E-state index contributed by atoms with van der Waals surface area (Å²) in [5.41, 5.74) is 0. The molecule has 0 aromatic rings. The van der Waals surface area contributed by atoms with E-state index in [0.29, 0.717) is 5.76 Å². The molecule has 1 aliphatic carbocycles. The van der Waals surface area contributed by atoms with Gasteiger partial charge in [0.25, 0.3) is 0 Å². The first kappa shape index (κ1) is 7.37. The second kappa shape index (κ2) is 2.99. The van der Waals surface area contributed by atoms with Crippen molar-refractivity contribution in [1.29, 1.82) is 0 Å². The molecule has 0 fully saturated rings. The molecule has 12 heavy (non-hydrogen) atoms. The summed E-state index contributed by atoms with van der Waals surface area (Å²) in [7, 11) is 0. The van der Waals surface area contributed by atoms with Crippen LogP contribution >= 0.6 is 0 Å². The van der Waals surface area contributed by atoms with Crippen molar-refractivity contribution in [1.82, 2.24) is 0 Å². The van der Waals surface area contributed by atoms with Gasteiger partial charge in [0.1, 0.15) is 18.1 Å². The van der Waals surface area contributed by atoms with Crippen LogP contribution in [0.2, 0.25) is 0 Å². The third kappa shape index (κ3) is 1.34. The summed E-state index contributed by atoms with van der Waals surface area (Å²) >= 11 is 0. The van der Waals surface area contributed by atoms with E-state index in [1.165, 1.54) is 0 Å². The summed E-state index contributed by atoms with van der Waals surface area (Å²) in [4.78, 5) is 0. The monoisotopic (exact) mass is 162 g/mol. The molecule has 62 valence electrons. The molecule has 2 heteroatoms. The van der Waals surface area contributed by atoms with Gasteiger partial charge in [0.15, 0.2) is 0 Å². The van der Waals surface area contributed by atoms with Crippen LogP contribution in [0.15, 0.2) is 48.0 Å². The Morgan fingerprint density at radius 1 is 1.33 bits per heavy atom. The van der Waals surface area contributed by atoms with Crippen molar-refractivity contribution in [3.8, 4) is 0 Å². The molecule has 2 nitrogen and oxygen atoms in total. The average Bonchev–Trinajstić information content (AvgIpc) is 2.27. The van der Waals surface area contributed by atoms with Crippen LogP contribution in [0.25, 0.3) is 0 Å². The summed E-state index contributed by atoms with van der Waals surface area (Å²) in [6.07, 6.45) is 11.8. The SMILES string of the molecule is OCC1=CC2C=CC=CC(=C2)O1. The number of hydrogen-bond donors (Lipinski definition) is 1. The number of allylic oxidation sites excluding steroid dienone is 6. The van der Waals surface area contributed by atoms with Gasteiger partial charge in [-0.1, -0.05) is 18.2 Å². The van der Waals surface area contributed by atoms with Gasteiger partial charge in [0, 0.05) is 5.92 Å². The van der Waals surface area contributed by atoms with Crippen molar-refractivity contribution in [3.63, 3.8) is 0 Å². The van der Waals surface area contributed by atoms with Crippen LogP contribution in [0.1, 0.15) is 0 Å². The number of aliphatic hydroxyl groups is 1. The third-order valence-corrected chi connectivity index (χ3v) is 1.84. The third-order valence-electron chi connectivity index (χ3n) is 1.84. The second-order valence-corrected chi connectivity index (χ2v) is 2.78. The Balaban J connectivity index is 2.28. The first-order chi connectivity index (χ1) is 5.88. The Bertz CT molecular complexity index is 295. The molecule has 2 rings (SSSR count). The van der Waals surface area contributed by atoms with Crippen molar-refractivity contribution >= 4 is 0 Å². The number of ether oxygens (including phenoxy) is 1. The fraction of sp³-hybridized carbons (Fsp3) is 0.200. The zero-order chi connectivity index (χ0) is 8.39. The highest BCUT2D eigenvalue weighted by molar-refractivity contribution is 5.31. The molecule has 1 heterocycles. The van der Waals surface area contributed by atoms with E-state index in [9.17, 15) is 0 Å². The predicted octanol–water partition coefficient (Wildman–Crippen LogP) is 1.52. The highest BCUT2D eigenvalue weighted by Gasteiger charge is 2.12.